The zero-order chi connectivity index (χ0) is 26.2. The monoisotopic (exact) mass is 486 g/mol. The average molecular weight is 487 g/mol. The fourth-order valence-electron chi connectivity index (χ4n) is 6.10. The molecule has 0 heterocycles. The van der Waals surface area contributed by atoms with Crippen molar-refractivity contribution in [2.45, 2.75) is 24.5 Å². The number of hydrogen-bond acceptors (Lipinski definition) is 10. The zero-order valence-corrected chi connectivity index (χ0v) is 20.0. The second-order valence-corrected chi connectivity index (χ2v) is 10.0. The Balaban J connectivity index is 2.07. The van der Waals surface area contributed by atoms with Crippen molar-refractivity contribution < 1.29 is 34.8 Å². The average Bonchev–Trinajstić information content (AvgIpc) is 2.75. The van der Waals surface area contributed by atoms with E-state index < -0.39 is 57.5 Å². The normalized spacial score (nSPS) is 30.3. The van der Waals surface area contributed by atoms with E-state index in [0.29, 0.717) is 11.3 Å². The summed E-state index contributed by atoms with van der Waals surface area (Å²) in [4.78, 5) is 42.5. The third-order valence-corrected chi connectivity index (χ3v) is 7.68. The lowest BCUT2D eigenvalue weighted by Crippen LogP contribution is -2.66. The molecule has 3 aliphatic rings. The molecule has 1 aromatic rings. The van der Waals surface area contributed by atoms with E-state index in [2.05, 4.69) is 0 Å². The van der Waals surface area contributed by atoms with Gasteiger partial charge in [-0.05, 0) is 44.6 Å². The first-order chi connectivity index (χ1) is 16.2. The second-order valence-electron chi connectivity index (χ2n) is 10.0. The van der Waals surface area contributed by atoms with Gasteiger partial charge < -0.3 is 36.8 Å². The van der Waals surface area contributed by atoms with Crippen molar-refractivity contribution in [1.29, 1.82) is 0 Å². The Labute approximate surface area is 201 Å². The van der Waals surface area contributed by atoms with Crippen molar-refractivity contribution in [3.63, 3.8) is 0 Å². The summed E-state index contributed by atoms with van der Waals surface area (Å²) in [5, 5.41) is 44.6. The molecule has 4 rings (SSSR count). The molecule has 35 heavy (non-hydrogen) atoms. The van der Waals surface area contributed by atoms with Crippen LogP contribution in [-0.4, -0.2) is 89.2 Å². The number of carbonyl (C=O) groups excluding carboxylic acids is 3. The zero-order valence-electron chi connectivity index (χ0n) is 20.0. The Morgan fingerprint density at radius 3 is 2.29 bits per heavy atom. The molecule has 188 valence electrons. The first kappa shape index (κ1) is 24.7. The van der Waals surface area contributed by atoms with Gasteiger partial charge >= 0.3 is 0 Å². The smallest absolute Gasteiger partial charge is 0.255 e. The number of Topliss-reactive ketones (excluding diaryl/α,β-unsaturated/α-hetero) is 2. The molecule has 0 saturated carbocycles. The minimum absolute atomic E-state index is 0.0511. The Hall–Kier alpha value is -3.41. The number of rotatable bonds is 4. The summed E-state index contributed by atoms with van der Waals surface area (Å²) in [6.45, 7) is -0.131. The van der Waals surface area contributed by atoms with Crippen molar-refractivity contribution in [3.05, 3.63) is 45.9 Å². The number of phenols is 1. The molecule has 4 atom stereocenters. The summed E-state index contributed by atoms with van der Waals surface area (Å²) in [6, 6.07) is 1.94. The molecular weight excluding hydrogens is 456 g/mol. The van der Waals surface area contributed by atoms with E-state index in [9.17, 15) is 34.8 Å². The third-order valence-electron chi connectivity index (χ3n) is 7.68. The molecule has 0 spiro atoms. The highest BCUT2D eigenvalue weighted by atomic mass is 16.3. The van der Waals surface area contributed by atoms with Gasteiger partial charge in [0.15, 0.2) is 11.4 Å². The van der Waals surface area contributed by atoms with Gasteiger partial charge in [-0.25, -0.2) is 0 Å². The maximum atomic E-state index is 13.8. The number of nitrogens with zero attached hydrogens (tertiary/aromatic N) is 2. The molecule has 0 saturated heterocycles. The Morgan fingerprint density at radius 2 is 1.77 bits per heavy atom. The molecule has 0 bridgehead atoms. The van der Waals surface area contributed by atoms with Crippen LogP contribution < -0.4 is 16.4 Å². The van der Waals surface area contributed by atoms with Crippen molar-refractivity contribution in [1.82, 2.24) is 4.90 Å². The van der Waals surface area contributed by atoms with Crippen molar-refractivity contribution in [2.24, 2.45) is 22.8 Å². The third kappa shape index (κ3) is 3.05. The van der Waals surface area contributed by atoms with E-state index in [-0.39, 0.29) is 36.3 Å². The lowest BCUT2D eigenvalue weighted by molar-refractivity contribution is -0.150. The number of aromatic hydroxyl groups is 1. The fraction of sp³-hybridized carbons (Fsp3) is 0.458. The van der Waals surface area contributed by atoms with Gasteiger partial charge in [-0.2, -0.15) is 0 Å². The lowest BCUT2D eigenvalue weighted by atomic mass is 9.52. The molecule has 0 aromatic heterocycles. The van der Waals surface area contributed by atoms with E-state index in [4.69, 9.17) is 11.5 Å². The van der Waals surface area contributed by atoms with Gasteiger partial charge in [0.25, 0.3) is 5.91 Å². The van der Waals surface area contributed by atoms with Crippen LogP contribution in [-0.2, 0) is 16.0 Å². The maximum absolute atomic E-state index is 13.8. The predicted molar refractivity (Wildman–Crippen MR) is 126 cm³/mol. The number of amides is 1. The number of likely N-dealkylation sites (N-methyl/N-ethyl adjacent to an activating group) is 1. The molecule has 0 radical (unpaired) electrons. The molecule has 1 aromatic carbocycles. The Bertz CT molecular complexity index is 1230. The number of nitrogens with two attached hydrogens (primary N) is 2. The topological polar surface area (TPSA) is 191 Å². The van der Waals surface area contributed by atoms with E-state index in [0.717, 1.165) is 0 Å². The maximum Gasteiger partial charge on any atom is 0.255 e. The highest BCUT2D eigenvalue weighted by Crippen LogP contribution is 2.57. The number of fused-ring (bicyclic) bond motifs is 3. The van der Waals surface area contributed by atoms with Gasteiger partial charge in [0.05, 0.1) is 11.6 Å². The minimum Gasteiger partial charge on any atom is -0.510 e. The number of aliphatic hydroxyl groups excluding tert-OH is 2. The van der Waals surface area contributed by atoms with E-state index in [1.807, 2.05) is 0 Å². The largest absolute Gasteiger partial charge is 0.510 e. The standard InChI is InChI=1S/C24H30N4O7/c1-27(2)12-5-6-13(29)14-10(12)7-23(9-25)8-11-17(28(3)4)19(31)15(22(26)34)20(32)24(11,35)21(33)16(23)18(14)30/h5-6,11,17,29,31,33,35H,7-9,25H2,1-4H3,(H2,26,34)/t11-,17-,23-,24+/m0/s1. The summed E-state index contributed by atoms with van der Waals surface area (Å²) in [6.07, 6.45) is 0.0533. The summed E-state index contributed by atoms with van der Waals surface area (Å²) in [5.41, 5.74) is 7.66. The van der Waals surface area contributed by atoms with Gasteiger partial charge in [0, 0.05) is 43.2 Å². The van der Waals surface area contributed by atoms with E-state index in [1.165, 1.54) is 11.0 Å². The Morgan fingerprint density at radius 1 is 1.14 bits per heavy atom. The number of primary amides is 1. The quantitative estimate of drug-likeness (QED) is 0.303. The van der Waals surface area contributed by atoms with E-state index in [1.54, 1.807) is 39.2 Å². The first-order valence-corrected chi connectivity index (χ1v) is 11.1. The minimum atomic E-state index is -2.71. The summed E-state index contributed by atoms with van der Waals surface area (Å²) < 4.78 is 0. The van der Waals surface area contributed by atoms with Crippen LogP contribution in [0, 0.1) is 11.3 Å². The van der Waals surface area contributed by atoms with Crippen LogP contribution in [0.3, 0.4) is 0 Å². The highest BCUT2D eigenvalue weighted by molar-refractivity contribution is 6.25. The SMILES string of the molecule is CN(C)c1ccc(O)c2c1C[C@@]1(CN)C[C@H]3[C@H](N(C)C)C(O)=C(C(N)=O)C(=O)[C@@]3(O)C(O)=C1C2=O. The molecular formula is C24H30N4O7. The molecule has 3 aliphatic carbocycles. The van der Waals surface area contributed by atoms with Crippen molar-refractivity contribution >= 4 is 23.2 Å². The van der Waals surface area contributed by atoms with Gasteiger partial charge in [0.2, 0.25) is 5.78 Å². The van der Waals surface area contributed by atoms with Gasteiger partial charge in [0.1, 0.15) is 22.8 Å². The van der Waals surface area contributed by atoms with Gasteiger partial charge in [-0.3, -0.25) is 19.3 Å². The van der Waals surface area contributed by atoms with Crippen LogP contribution in [0.25, 0.3) is 0 Å². The summed E-state index contributed by atoms with van der Waals surface area (Å²) in [5.74, 6) is -6.34. The summed E-state index contributed by atoms with van der Waals surface area (Å²) >= 11 is 0. The van der Waals surface area contributed by atoms with Crippen LogP contribution in [0.15, 0.2) is 34.8 Å². The molecule has 11 heteroatoms. The van der Waals surface area contributed by atoms with Gasteiger partial charge in [-0.1, -0.05) is 0 Å². The lowest BCUT2D eigenvalue weighted by Gasteiger charge is -2.54. The van der Waals surface area contributed by atoms with Crippen LogP contribution >= 0.6 is 0 Å². The van der Waals surface area contributed by atoms with Crippen molar-refractivity contribution in [2.75, 3.05) is 39.6 Å². The predicted octanol–water partition coefficient (Wildman–Crippen LogP) is -0.484. The number of hydrogen-bond donors (Lipinski definition) is 6. The number of anilines is 1. The molecule has 0 unspecified atom stereocenters. The molecule has 8 N–H and O–H groups in total. The molecule has 0 fully saturated rings. The van der Waals surface area contributed by atoms with Crippen LogP contribution in [0.2, 0.25) is 0 Å². The number of phenolic OH excluding ortho intramolecular Hbond substituents is 1. The second kappa shape index (κ2) is 7.80. The summed E-state index contributed by atoms with van der Waals surface area (Å²) in [7, 11) is 6.71. The van der Waals surface area contributed by atoms with Crippen LogP contribution in [0.4, 0.5) is 5.69 Å². The van der Waals surface area contributed by atoms with Crippen molar-refractivity contribution in [3.8, 4) is 5.75 Å². The molecule has 1 amide bonds. The number of carbonyl (C=O) groups is 3. The Kier molecular flexibility index (Phi) is 5.51. The fourth-order valence-corrected chi connectivity index (χ4v) is 6.10. The number of ketones is 2. The van der Waals surface area contributed by atoms with E-state index >= 15 is 0 Å². The van der Waals surface area contributed by atoms with Crippen LogP contribution in [0.5, 0.6) is 5.75 Å². The van der Waals surface area contributed by atoms with Crippen LogP contribution in [0.1, 0.15) is 22.3 Å². The molecule has 0 aliphatic heterocycles. The van der Waals surface area contributed by atoms with Gasteiger partial charge in [-0.15, -0.1) is 0 Å². The highest BCUT2D eigenvalue weighted by Gasteiger charge is 2.66. The molecule has 11 nitrogen and oxygen atoms in total. The number of benzene rings is 1. The number of aliphatic hydroxyl groups is 3. The first-order valence-electron chi connectivity index (χ1n) is 11.1.